The van der Waals surface area contributed by atoms with Gasteiger partial charge in [0, 0.05) is 27.5 Å². The fourth-order valence-corrected chi connectivity index (χ4v) is 13.5. The Bertz CT molecular complexity index is 3130. The molecule has 1 heterocycles. The summed E-state index contributed by atoms with van der Waals surface area (Å²) in [5, 5.41) is 0. The third kappa shape index (κ3) is 5.29. The maximum Gasteiger partial charge on any atom is 0.195 e. The first-order chi connectivity index (χ1) is 30.9. The lowest BCUT2D eigenvalue weighted by molar-refractivity contribution is -0.0397. The normalized spacial score (nSPS) is 22.6. The second-order valence-electron chi connectivity index (χ2n) is 19.5. The van der Waals surface area contributed by atoms with Crippen LogP contribution in [0.25, 0.3) is 83.5 Å². The van der Waals surface area contributed by atoms with Crippen LogP contribution in [0.2, 0.25) is 0 Å². The zero-order valence-electron chi connectivity index (χ0n) is 35.6. The van der Waals surface area contributed by atoms with Crippen molar-refractivity contribution in [2.24, 2.45) is 23.7 Å². The van der Waals surface area contributed by atoms with Gasteiger partial charge in [-0.25, -0.2) is 19.8 Å². The summed E-state index contributed by atoms with van der Waals surface area (Å²) in [5.74, 6) is 5.04. The van der Waals surface area contributed by atoms with Gasteiger partial charge in [0.1, 0.15) is 0 Å². The highest BCUT2D eigenvalue weighted by Crippen LogP contribution is 2.70. The Morgan fingerprint density at radius 1 is 0.444 bits per heavy atom. The third-order valence-corrected chi connectivity index (χ3v) is 15.9. The van der Waals surface area contributed by atoms with E-state index in [0.29, 0.717) is 29.3 Å². The lowest BCUT2D eigenvalue weighted by atomic mass is 9.42. The zero-order valence-corrected chi connectivity index (χ0v) is 35.6. The molecular formula is C59H46N4. The predicted molar refractivity (Wildman–Crippen MR) is 254 cm³/mol. The minimum atomic E-state index is -0.183. The van der Waals surface area contributed by atoms with Crippen LogP contribution in [-0.4, -0.2) is 15.0 Å². The Kier molecular flexibility index (Phi) is 7.87. The van der Waals surface area contributed by atoms with E-state index in [1.807, 2.05) is 48.5 Å². The van der Waals surface area contributed by atoms with Crippen molar-refractivity contribution >= 4 is 5.69 Å². The van der Waals surface area contributed by atoms with Gasteiger partial charge in [0.25, 0.3) is 0 Å². The van der Waals surface area contributed by atoms with Crippen LogP contribution in [0, 0.1) is 30.2 Å². The minimum absolute atomic E-state index is 0.00694. The molecule has 1 spiro atoms. The van der Waals surface area contributed by atoms with Crippen molar-refractivity contribution in [2.75, 3.05) is 0 Å². The largest absolute Gasteiger partial charge is 0.238 e. The van der Waals surface area contributed by atoms with Crippen LogP contribution in [0.1, 0.15) is 68.2 Å². The highest BCUT2D eigenvalue weighted by molar-refractivity contribution is 5.94. The summed E-state index contributed by atoms with van der Waals surface area (Å²) in [5.41, 5.74) is 19.4. The van der Waals surface area contributed by atoms with Crippen LogP contribution in [0.3, 0.4) is 0 Å². The molecule has 4 fully saturated rings. The first-order valence-electron chi connectivity index (χ1n) is 22.8. The standard InChI is InChI=1S/C59H46N4/c1-58(2)50-18-11-19-52(60-3)53(50)47-26-24-42(34-51(47)58)41-25-27-49-48(33-41)46-17-10-16-45(54(46)59(49)43-29-35-28-36(31-43)32-44(59)30-35)37-20-22-40(23-21-37)57-62-55(38-12-6-4-7-13-38)61-56(63-57)39-14-8-5-9-15-39/h4-27,33-36,43-44H,28-32H2,1-2H3. The van der Waals surface area contributed by atoms with Gasteiger partial charge in [0.2, 0.25) is 0 Å². The number of hydrogen-bond donors (Lipinski definition) is 0. The molecule has 0 N–H and O–H groups in total. The molecule has 302 valence electrons. The summed E-state index contributed by atoms with van der Waals surface area (Å²) >= 11 is 0. The molecule has 4 nitrogen and oxygen atoms in total. The molecular weight excluding hydrogens is 765 g/mol. The molecule has 4 bridgehead atoms. The van der Waals surface area contributed by atoms with Gasteiger partial charge in [-0.15, -0.1) is 0 Å². The molecule has 8 aromatic rings. The molecule has 0 atom stereocenters. The van der Waals surface area contributed by atoms with Crippen LogP contribution in [0.15, 0.2) is 158 Å². The fraction of sp³-hybridized carbons (Fsp3) is 0.220. The van der Waals surface area contributed by atoms with Crippen LogP contribution in [0.5, 0.6) is 0 Å². The quantitative estimate of drug-likeness (QED) is 0.163. The van der Waals surface area contributed by atoms with Gasteiger partial charge in [-0.05, 0) is 135 Å². The second kappa shape index (κ2) is 13.5. The number of aromatic nitrogens is 3. The van der Waals surface area contributed by atoms with E-state index in [0.717, 1.165) is 39.8 Å². The predicted octanol–water partition coefficient (Wildman–Crippen LogP) is 14.8. The number of nitrogens with zero attached hydrogens (tertiary/aromatic N) is 4. The summed E-state index contributed by atoms with van der Waals surface area (Å²) < 4.78 is 0. The van der Waals surface area contributed by atoms with Gasteiger partial charge in [-0.2, -0.15) is 0 Å². The van der Waals surface area contributed by atoms with Crippen LogP contribution in [-0.2, 0) is 10.8 Å². The average molecular weight is 811 g/mol. The molecule has 7 aromatic carbocycles. The van der Waals surface area contributed by atoms with Crippen molar-refractivity contribution in [1.29, 1.82) is 0 Å². The van der Waals surface area contributed by atoms with Gasteiger partial charge in [-0.3, -0.25) is 0 Å². The number of hydrogen-bond acceptors (Lipinski definition) is 3. The molecule has 63 heavy (non-hydrogen) atoms. The van der Waals surface area contributed by atoms with Crippen molar-refractivity contribution in [1.82, 2.24) is 15.0 Å². The lowest BCUT2D eigenvalue weighted by Crippen LogP contribution is -2.55. The van der Waals surface area contributed by atoms with E-state index in [1.54, 1.807) is 11.1 Å². The Morgan fingerprint density at radius 3 is 1.62 bits per heavy atom. The van der Waals surface area contributed by atoms with Crippen LogP contribution < -0.4 is 0 Å². The molecule has 0 aliphatic heterocycles. The fourth-order valence-electron chi connectivity index (χ4n) is 13.5. The first kappa shape index (κ1) is 36.7. The molecule has 4 saturated carbocycles. The Hall–Kier alpha value is -6.96. The molecule has 0 unspecified atom stereocenters. The van der Waals surface area contributed by atoms with E-state index in [1.165, 1.54) is 82.2 Å². The van der Waals surface area contributed by atoms with E-state index in [9.17, 15) is 0 Å². The summed E-state index contributed by atoms with van der Waals surface area (Å²) in [7, 11) is 0. The van der Waals surface area contributed by atoms with Crippen molar-refractivity contribution in [3.63, 3.8) is 0 Å². The molecule has 14 rings (SSSR count). The van der Waals surface area contributed by atoms with E-state index in [2.05, 4.69) is 128 Å². The molecule has 0 saturated heterocycles. The minimum Gasteiger partial charge on any atom is -0.238 e. The molecule has 6 aliphatic carbocycles. The molecule has 4 heteroatoms. The van der Waals surface area contributed by atoms with Gasteiger partial charge in [0.05, 0.1) is 6.57 Å². The first-order valence-corrected chi connectivity index (χ1v) is 22.8. The highest BCUT2D eigenvalue weighted by atomic mass is 15.0. The highest BCUT2D eigenvalue weighted by Gasteiger charge is 2.62. The molecule has 6 aliphatic rings. The van der Waals surface area contributed by atoms with E-state index in [-0.39, 0.29) is 10.8 Å². The van der Waals surface area contributed by atoms with Gasteiger partial charge < -0.3 is 0 Å². The zero-order chi connectivity index (χ0) is 42.0. The van der Waals surface area contributed by atoms with Crippen molar-refractivity contribution < 1.29 is 0 Å². The Morgan fingerprint density at radius 2 is 0.984 bits per heavy atom. The lowest BCUT2D eigenvalue weighted by Gasteiger charge is -2.61. The monoisotopic (exact) mass is 810 g/mol. The Labute approximate surface area is 369 Å². The smallest absolute Gasteiger partial charge is 0.195 e. The Balaban J connectivity index is 0.938. The van der Waals surface area contributed by atoms with Crippen LogP contribution in [0.4, 0.5) is 5.69 Å². The van der Waals surface area contributed by atoms with Crippen molar-refractivity contribution in [2.45, 2.75) is 56.8 Å². The van der Waals surface area contributed by atoms with E-state index >= 15 is 0 Å². The molecule has 0 amide bonds. The van der Waals surface area contributed by atoms with Gasteiger partial charge >= 0.3 is 0 Å². The van der Waals surface area contributed by atoms with Crippen LogP contribution >= 0.6 is 0 Å². The summed E-state index contributed by atoms with van der Waals surface area (Å²) in [4.78, 5) is 19.0. The van der Waals surface area contributed by atoms with E-state index in [4.69, 9.17) is 21.5 Å². The summed E-state index contributed by atoms with van der Waals surface area (Å²) in [6.45, 7) is 12.6. The van der Waals surface area contributed by atoms with Gasteiger partial charge in [-0.1, -0.05) is 159 Å². The topological polar surface area (TPSA) is 43.0 Å². The summed E-state index contributed by atoms with van der Waals surface area (Å²) in [6.07, 6.45) is 6.76. The SMILES string of the molecule is [C-]#[N+]c1cccc2c1-c1ccc(-c3ccc4c(c3)-c3cccc(-c5ccc(-c6nc(-c7ccccc7)nc(-c7ccccc7)n6)cc5)c3C43C4CC5CC(C4)CC3C5)cc1C2(C)C. The summed E-state index contributed by atoms with van der Waals surface area (Å²) in [6, 6.07) is 57.3. The van der Waals surface area contributed by atoms with Crippen molar-refractivity contribution in [3.05, 3.63) is 191 Å². The average Bonchev–Trinajstić information content (AvgIpc) is 3.76. The maximum atomic E-state index is 7.93. The van der Waals surface area contributed by atoms with Gasteiger partial charge in [0.15, 0.2) is 23.2 Å². The molecule has 1 aromatic heterocycles. The molecule has 0 radical (unpaired) electrons. The number of fused-ring (bicyclic) bond motifs is 6. The third-order valence-electron chi connectivity index (χ3n) is 15.9. The van der Waals surface area contributed by atoms with E-state index < -0.39 is 0 Å². The second-order valence-corrected chi connectivity index (χ2v) is 19.5. The number of rotatable bonds is 5. The maximum absolute atomic E-state index is 7.93. The van der Waals surface area contributed by atoms with Crippen molar-refractivity contribution in [3.8, 4) is 78.7 Å². The number of benzene rings is 7.